The number of unbranched alkanes of at least 4 members (excludes halogenated alkanes) is 2. The van der Waals surface area contributed by atoms with Gasteiger partial charge in [0.05, 0.1) is 12.5 Å². The normalized spacial score (nSPS) is 13.9. The Balaban J connectivity index is 2.39. The zero-order chi connectivity index (χ0) is 13.7. The zero-order valence-electron chi connectivity index (χ0n) is 11.7. The third-order valence-corrected chi connectivity index (χ3v) is 3.93. The molecule has 0 bridgehead atoms. The topological polar surface area (TPSA) is 45.8 Å². The highest BCUT2D eigenvalue weighted by atomic mass is 16.1. The molecule has 0 amide bonds. The molecule has 1 aliphatic rings. The minimum Gasteiger partial charge on any atom is -0.312 e. The van der Waals surface area contributed by atoms with Crippen molar-refractivity contribution in [2.45, 2.75) is 64.8 Å². The second-order valence-corrected chi connectivity index (χ2v) is 5.35. The molecular weight excluding hydrogens is 236 g/mol. The Kier molecular flexibility index (Phi) is 4.79. The van der Waals surface area contributed by atoms with Crippen LogP contribution >= 0.6 is 0 Å². The Bertz CT molecular complexity index is 537. The van der Waals surface area contributed by atoms with Gasteiger partial charge in [0.1, 0.15) is 0 Å². The highest BCUT2D eigenvalue weighted by molar-refractivity contribution is 5.30. The molecule has 0 saturated heterocycles. The first kappa shape index (κ1) is 13.9. The third-order valence-electron chi connectivity index (χ3n) is 3.93. The zero-order valence-corrected chi connectivity index (χ0v) is 11.7. The number of aryl methyl sites for hydroxylation is 1. The second kappa shape index (κ2) is 6.56. The van der Waals surface area contributed by atoms with Crippen molar-refractivity contribution in [1.82, 2.24) is 4.57 Å². The molecule has 0 atom stereocenters. The predicted molar refractivity (Wildman–Crippen MR) is 76.2 cm³/mol. The molecule has 1 aromatic heterocycles. The number of aromatic nitrogens is 1. The lowest BCUT2D eigenvalue weighted by molar-refractivity contribution is 0.534. The number of hydrogen-bond donors (Lipinski definition) is 0. The van der Waals surface area contributed by atoms with Crippen LogP contribution in [-0.4, -0.2) is 4.57 Å². The SMILES string of the molecule is CCCCCn1c2c(cc(CC#N)c1=O)CCCC2. The maximum Gasteiger partial charge on any atom is 0.255 e. The average molecular weight is 258 g/mol. The van der Waals surface area contributed by atoms with Crippen molar-refractivity contribution in [3.63, 3.8) is 0 Å². The highest BCUT2D eigenvalue weighted by Gasteiger charge is 2.17. The fraction of sp³-hybridized carbons (Fsp3) is 0.625. The van der Waals surface area contributed by atoms with E-state index in [1.807, 2.05) is 10.6 Å². The summed E-state index contributed by atoms with van der Waals surface area (Å²) in [6.07, 6.45) is 8.06. The molecule has 0 fully saturated rings. The molecule has 0 aliphatic heterocycles. The average Bonchev–Trinajstić information content (AvgIpc) is 2.43. The van der Waals surface area contributed by atoms with Gasteiger partial charge in [-0.2, -0.15) is 5.26 Å². The van der Waals surface area contributed by atoms with Crippen LogP contribution in [0.2, 0.25) is 0 Å². The number of fused-ring (bicyclic) bond motifs is 1. The molecule has 0 saturated carbocycles. The first-order valence-electron chi connectivity index (χ1n) is 7.39. The summed E-state index contributed by atoms with van der Waals surface area (Å²) in [5, 5.41) is 8.86. The van der Waals surface area contributed by atoms with Gasteiger partial charge in [-0.25, -0.2) is 0 Å². The van der Waals surface area contributed by atoms with Crippen molar-refractivity contribution in [3.05, 3.63) is 33.2 Å². The van der Waals surface area contributed by atoms with Crippen LogP contribution in [0.4, 0.5) is 0 Å². The van der Waals surface area contributed by atoms with Gasteiger partial charge in [-0.3, -0.25) is 4.79 Å². The first-order chi connectivity index (χ1) is 9.27. The molecular formula is C16H22N2O. The summed E-state index contributed by atoms with van der Waals surface area (Å²) in [7, 11) is 0. The molecule has 19 heavy (non-hydrogen) atoms. The second-order valence-electron chi connectivity index (χ2n) is 5.35. The van der Waals surface area contributed by atoms with Gasteiger partial charge in [-0.1, -0.05) is 19.8 Å². The van der Waals surface area contributed by atoms with E-state index in [4.69, 9.17) is 5.26 Å². The highest BCUT2D eigenvalue weighted by Crippen LogP contribution is 2.21. The van der Waals surface area contributed by atoms with Gasteiger partial charge in [-0.05, 0) is 43.7 Å². The molecule has 0 radical (unpaired) electrons. The van der Waals surface area contributed by atoms with Crippen LogP contribution in [0.25, 0.3) is 0 Å². The molecule has 1 aromatic rings. The van der Waals surface area contributed by atoms with Crippen molar-refractivity contribution in [3.8, 4) is 6.07 Å². The Morgan fingerprint density at radius 3 is 2.84 bits per heavy atom. The Morgan fingerprint density at radius 2 is 2.11 bits per heavy atom. The Hall–Kier alpha value is -1.56. The summed E-state index contributed by atoms with van der Waals surface area (Å²) in [6, 6.07) is 4.10. The van der Waals surface area contributed by atoms with Crippen LogP contribution in [0.15, 0.2) is 10.9 Å². The Labute approximate surface area is 114 Å². The van der Waals surface area contributed by atoms with E-state index in [1.54, 1.807) is 0 Å². The minimum absolute atomic E-state index is 0.0679. The van der Waals surface area contributed by atoms with Crippen LogP contribution in [0, 0.1) is 11.3 Å². The van der Waals surface area contributed by atoms with E-state index in [2.05, 4.69) is 13.0 Å². The fourth-order valence-electron chi connectivity index (χ4n) is 2.91. The van der Waals surface area contributed by atoms with Crippen LogP contribution in [0.5, 0.6) is 0 Å². The number of pyridine rings is 1. The van der Waals surface area contributed by atoms with E-state index >= 15 is 0 Å². The number of rotatable bonds is 5. The van der Waals surface area contributed by atoms with Crippen molar-refractivity contribution < 1.29 is 0 Å². The standard InChI is InChI=1S/C16H22N2O/c1-2-3-6-11-18-15-8-5-4-7-13(15)12-14(9-10-17)16(18)19/h12H,2-9,11H2,1H3. The molecule has 0 unspecified atom stereocenters. The largest absolute Gasteiger partial charge is 0.312 e. The molecule has 3 nitrogen and oxygen atoms in total. The fourth-order valence-corrected chi connectivity index (χ4v) is 2.91. The van der Waals surface area contributed by atoms with Crippen molar-refractivity contribution in [1.29, 1.82) is 5.26 Å². The lowest BCUT2D eigenvalue weighted by Gasteiger charge is -2.22. The quantitative estimate of drug-likeness (QED) is 0.762. The molecule has 0 aromatic carbocycles. The predicted octanol–water partition coefficient (Wildman–Crippen LogP) is 2.98. The smallest absolute Gasteiger partial charge is 0.255 e. The van der Waals surface area contributed by atoms with Gasteiger partial charge in [0, 0.05) is 17.8 Å². The van der Waals surface area contributed by atoms with E-state index in [0.717, 1.165) is 38.6 Å². The maximum atomic E-state index is 12.4. The van der Waals surface area contributed by atoms with Crippen LogP contribution in [0.3, 0.4) is 0 Å². The summed E-state index contributed by atoms with van der Waals surface area (Å²) in [5.74, 6) is 0. The van der Waals surface area contributed by atoms with E-state index < -0.39 is 0 Å². The molecule has 2 rings (SSSR count). The van der Waals surface area contributed by atoms with Gasteiger partial charge in [-0.15, -0.1) is 0 Å². The van der Waals surface area contributed by atoms with E-state index in [9.17, 15) is 4.79 Å². The number of nitrogens with zero attached hydrogens (tertiary/aromatic N) is 2. The van der Waals surface area contributed by atoms with Crippen LogP contribution < -0.4 is 5.56 Å². The first-order valence-corrected chi connectivity index (χ1v) is 7.39. The van der Waals surface area contributed by atoms with Gasteiger partial charge < -0.3 is 4.57 Å². The molecule has 1 aliphatic carbocycles. The van der Waals surface area contributed by atoms with Crippen LogP contribution in [-0.2, 0) is 25.8 Å². The van der Waals surface area contributed by atoms with Crippen molar-refractivity contribution in [2.24, 2.45) is 0 Å². The molecule has 1 heterocycles. The van der Waals surface area contributed by atoms with Gasteiger partial charge in [0.25, 0.3) is 5.56 Å². The monoisotopic (exact) mass is 258 g/mol. The van der Waals surface area contributed by atoms with Crippen molar-refractivity contribution in [2.75, 3.05) is 0 Å². The summed E-state index contributed by atoms with van der Waals surface area (Å²) in [6.45, 7) is 2.98. The summed E-state index contributed by atoms with van der Waals surface area (Å²) in [4.78, 5) is 12.4. The molecule has 0 spiro atoms. The van der Waals surface area contributed by atoms with Gasteiger partial charge in [0.2, 0.25) is 0 Å². The Morgan fingerprint density at radius 1 is 1.32 bits per heavy atom. The van der Waals surface area contributed by atoms with Crippen molar-refractivity contribution >= 4 is 0 Å². The molecule has 0 N–H and O–H groups in total. The van der Waals surface area contributed by atoms with Gasteiger partial charge >= 0.3 is 0 Å². The van der Waals surface area contributed by atoms with E-state index in [-0.39, 0.29) is 12.0 Å². The minimum atomic E-state index is 0.0679. The van der Waals surface area contributed by atoms with E-state index in [1.165, 1.54) is 24.1 Å². The number of nitriles is 1. The lowest BCUT2D eigenvalue weighted by Crippen LogP contribution is -2.29. The van der Waals surface area contributed by atoms with E-state index in [0.29, 0.717) is 5.56 Å². The molecule has 3 heteroatoms. The molecule has 102 valence electrons. The third kappa shape index (κ3) is 3.07. The van der Waals surface area contributed by atoms with Crippen LogP contribution in [0.1, 0.15) is 55.8 Å². The number of hydrogen-bond acceptors (Lipinski definition) is 2. The maximum absolute atomic E-state index is 12.4. The lowest BCUT2D eigenvalue weighted by atomic mass is 9.93. The summed E-state index contributed by atoms with van der Waals surface area (Å²) < 4.78 is 1.96. The van der Waals surface area contributed by atoms with Gasteiger partial charge in [0.15, 0.2) is 0 Å². The summed E-state index contributed by atoms with van der Waals surface area (Å²) in [5.41, 5.74) is 3.28. The summed E-state index contributed by atoms with van der Waals surface area (Å²) >= 11 is 0.